The first kappa shape index (κ1) is 26.7. The molecule has 8 nitrogen and oxygen atoms in total. The Labute approximate surface area is 231 Å². The van der Waals surface area contributed by atoms with E-state index in [1.165, 1.54) is 0 Å². The largest absolute Gasteiger partial charge is 0.370 e. The Kier molecular flexibility index (Phi) is 7.57. The molecule has 2 aromatic carbocycles. The van der Waals surface area contributed by atoms with Gasteiger partial charge in [-0.2, -0.15) is 10.2 Å². The Morgan fingerprint density at radius 2 is 1.92 bits per heavy atom. The average molecular weight is 526 g/mol. The smallest absolute Gasteiger partial charge is 0.252 e. The normalized spacial score (nSPS) is 16.2. The number of nitrogens with one attached hydrogen (secondary N) is 1. The van der Waals surface area contributed by atoms with E-state index in [1.54, 1.807) is 4.68 Å². The van der Waals surface area contributed by atoms with E-state index in [2.05, 4.69) is 71.6 Å². The highest BCUT2D eigenvalue weighted by Crippen LogP contribution is 2.31. The van der Waals surface area contributed by atoms with Crippen LogP contribution in [0.3, 0.4) is 0 Å². The molecule has 5 rings (SSSR count). The second-order valence-electron chi connectivity index (χ2n) is 10.8. The number of aryl methyl sites for hydroxylation is 3. The molecule has 1 amide bonds. The number of benzene rings is 2. The molecular formula is C31H39N7O. The summed E-state index contributed by atoms with van der Waals surface area (Å²) in [6.45, 7) is 8.91. The summed E-state index contributed by atoms with van der Waals surface area (Å²) >= 11 is 0. The summed E-state index contributed by atoms with van der Waals surface area (Å²) in [6, 6.07) is 15.0. The van der Waals surface area contributed by atoms with Crippen molar-refractivity contribution in [2.45, 2.75) is 45.8 Å². The van der Waals surface area contributed by atoms with Crippen LogP contribution in [0.15, 0.2) is 61.1 Å². The summed E-state index contributed by atoms with van der Waals surface area (Å²) in [6.07, 6.45) is 7.00. The van der Waals surface area contributed by atoms with E-state index in [0.717, 1.165) is 70.8 Å². The molecule has 204 valence electrons. The van der Waals surface area contributed by atoms with Gasteiger partial charge in [0.1, 0.15) is 0 Å². The molecule has 0 spiro atoms. The topological polar surface area (TPSA) is 71.2 Å². The number of carbonyl (C=O) groups is 1. The van der Waals surface area contributed by atoms with Gasteiger partial charge < -0.3 is 15.1 Å². The van der Waals surface area contributed by atoms with E-state index in [9.17, 15) is 4.79 Å². The van der Waals surface area contributed by atoms with E-state index in [4.69, 9.17) is 5.10 Å². The third kappa shape index (κ3) is 5.76. The molecule has 1 aliphatic rings. The molecule has 2 atom stereocenters. The first-order chi connectivity index (χ1) is 18.7. The Balaban J connectivity index is 1.41. The number of nitrogens with zero attached hydrogens (tertiary/aromatic N) is 6. The van der Waals surface area contributed by atoms with Crippen LogP contribution in [0.5, 0.6) is 0 Å². The van der Waals surface area contributed by atoms with Crippen molar-refractivity contribution in [3.05, 3.63) is 77.7 Å². The van der Waals surface area contributed by atoms with Crippen LogP contribution in [0.1, 0.15) is 47.8 Å². The highest BCUT2D eigenvalue weighted by Gasteiger charge is 2.25. The standard InChI is InChI=1S/C31H39N7O/c1-7-38-13-11-30(34-38)25-15-23(14-24(16-25)26-18-32-36(6)19-26)22(3)33-31(39)29-17-27(9-8-21(29)2)37-12-10-28(20-37)35(4)5/h8-9,11,13-19,22,28H,7,10,12,20H2,1-6H3,(H,33,39)/t22-,28-/m1/s1. The summed E-state index contributed by atoms with van der Waals surface area (Å²) in [5, 5.41) is 12.3. The van der Waals surface area contributed by atoms with Crippen LogP contribution in [0.4, 0.5) is 5.69 Å². The van der Waals surface area contributed by atoms with Crippen LogP contribution in [-0.2, 0) is 13.6 Å². The molecule has 1 N–H and O–H groups in total. The number of amides is 1. The summed E-state index contributed by atoms with van der Waals surface area (Å²) in [5.74, 6) is -0.0613. The summed E-state index contributed by atoms with van der Waals surface area (Å²) < 4.78 is 3.73. The van der Waals surface area contributed by atoms with Gasteiger partial charge in [-0.25, -0.2) is 0 Å². The molecular weight excluding hydrogens is 486 g/mol. The predicted molar refractivity (Wildman–Crippen MR) is 157 cm³/mol. The SMILES string of the molecule is CCn1ccc(-c2cc(-c3cnn(C)c3)cc([C@@H](C)NC(=O)c3cc(N4CC[C@@H](N(C)C)C4)ccc3C)c2)n1. The Hall–Kier alpha value is -3.91. The fraction of sp³-hybridized carbons (Fsp3) is 0.387. The van der Waals surface area contributed by atoms with Gasteiger partial charge in [0.25, 0.3) is 5.91 Å². The molecule has 0 radical (unpaired) electrons. The van der Waals surface area contributed by atoms with Gasteiger partial charge in [-0.15, -0.1) is 0 Å². The van der Waals surface area contributed by atoms with Crippen molar-refractivity contribution >= 4 is 11.6 Å². The van der Waals surface area contributed by atoms with E-state index in [0.29, 0.717) is 6.04 Å². The first-order valence-electron chi connectivity index (χ1n) is 13.7. The number of hydrogen-bond donors (Lipinski definition) is 1. The minimum Gasteiger partial charge on any atom is -0.370 e. The minimum atomic E-state index is -0.200. The van der Waals surface area contributed by atoms with Gasteiger partial charge in [0.15, 0.2) is 0 Å². The number of carbonyl (C=O) groups excluding carboxylic acids is 1. The second kappa shape index (κ2) is 11.1. The Morgan fingerprint density at radius 1 is 1.13 bits per heavy atom. The molecule has 0 aliphatic carbocycles. The zero-order valence-electron chi connectivity index (χ0n) is 23.8. The molecule has 39 heavy (non-hydrogen) atoms. The number of anilines is 1. The summed E-state index contributed by atoms with van der Waals surface area (Å²) in [5.41, 5.74) is 7.82. The van der Waals surface area contributed by atoms with E-state index in [1.807, 2.05) is 56.3 Å². The van der Waals surface area contributed by atoms with E-state index in [-0.39, 0.29) is 11.9 Å². The fourth-order valence-corrected chi connectivity index (χ4v) is 5.29. The summed E-state index contributed by atoms with van der Waals surface area (Å²) in [7, 11) is 6.18. The zero-order valence-corrected chi connectivity index (χ0v) is 23.8. The van der Waals surface area contributed by atoms with Gasteiger partial charge in [-0.05, 0) is 94.4 Å². The van der Waals surface area contributed by atoms with Crippen molar-refractivity contribution in [3.8, 4) is 22.4 Å². The van der Waals surface area contributed by atoms with Crippen LogP contribution in [0.2, 0.25) is 0 Å². The molecule has 3 heterocycles. The third-order valence-corrected chi connectivity index (χ3v) is 7.83. The van der Waals surface area contributed by atoms with Crippen molar-refractivity contribution in [2.24, 2.45) is 7.05 Å². The van der Waals surface area contributed by atoms with Crippen LogP contribution in [0.25, 0.3) is 22.4 Å². The maximum atomic E-state index is 13.6. The highest BCUT2D eigenvalue weighted by atomic mass is 16.1. The quantitative estimate of drug-likeness (QED) is 0.354. The molecule has 8 heteroatoms. The van der Waals surface area contributed by atoms with E-state index < -0.39 is 0 Å². The Bertz CT molecular complexity index is 1470. The van der Waals surface area contributed by atoms with Crippen LogP contribution in [-0.4, -0.2) is 63.6 Å². The van der Waals surface area contributed by atoms with Crippen LogP contribution in [0, 0.1) is 6.92 Å². The predicted octanol–water partition coefficient (Wildman–Crippen LogP) is 4.91. The lowest BCUT2D eigenvalue weighted by molar-refractivity contribution is 0.0939. The van der Waals surface area contributed by atoms with Crippen molar-refractivity contribution in [1.82, 2.24) is 29.8 Å². The maximum absolute atomic E-state index is 13.6. The molecule has 1 saturated heterocycles. The lowest BCUT2D eigenvalue weighted by Crippen LogP contribution is -2.31. The fourth-order valence-electron chi connectivity index (χ4n) is 5.29. The average Bonchev–Trinajstić information content (AvgIpc) is 3.69. The first-order valence-corrected chi connectivity index (χ1v) is 13.7. The molecule has 1 aliphatic heterocycles. The maximum Gasteiger partial charge on any atom is 0.252 e. The summed E-state index contributed by atoms with van der Waals surface area (Å²) in [4.78, 5) is 18.2. The minimum absolute atomic E-state index is 0.0613. The number of rotatable bonds is 8. The van der Waals surface area contributed by atoms with Crippen molar-refractivity contribution in [1.29, 1.82) is 0 Å². The lowest BCUT2D eigenvalue weighted by Gasteiger charge is -2.23. The van der Waals surface area contributed by atoms with Gasteiger partial charge in [0, 0.05) is 67.5 Å². The van der Waals surface area contributed by atoms with E-state index >= 15 is 0 Å². The van der Waals surface area contributed by atoms with Gasteiger partial charge in [-0.3, -0.25) is 14.2 Å². The van der Waals surface area contributed by atoms with Gasteiger partial charge >= 0.3 is 0 Å². The number of aromatic nitrogens is 4. The van der Waals surface area contributed by atoms with Gasteiger partial charge in [0.2, 0.25) is 0 Å². The molecule has 4 aromatic rings. The lowest BCUT2D eigenvalue weighted by atomic mass is 9.96. The monoisotopic (exact) mass is 525 g/mol. The second-order valence-corrected chi connectivity index (χ2v) is 10.8. The molecule has 1 fully saturated rings. The van der Waals surface area contributed by atoms with Crippen LogP contribution < -0.4 is 10.2 Å². The zero-order chi connectivity index (χ0) is 27.7. The van der Waals surface area contributed by atoms with Gasteiger partial charge in [0.05, 0.1) is 17.9 Å². The molecule has 0 unspecified atom stereocenters. The van der Waals surface area contributed by atoms with Crippen molar-refractivity contribution < 1.29 is 4.79 Å². The number of hydrogen-bond acceptors (Lipinski definition) is 5. The van der Waals surface area contributed by atoms with Crippen LogP contribution >= 0.6 is 0 Å². The molecule has 2 aromatic heterocycles. The number of likely N-dealkylation sites (N-methyl/N-ethyl adjacent to an activating group) is 1. The third-order valence-electron chi connectivity index (χ3n) is 7.83. The highest BCUT2D eigenvalue weighted by molar-refractivity contribution is 5.97. The van der Waals surface area contributed by atoms with Crippen molar-refractivity contribution in [2.75, 3.05) is 32.1 Å². The van der Waals surface area contributed by atoms with Gasteiger partial charge in [-0.1, -0.05) is 6.07 Å². The Morgan fingerprint density at radius 3 is 2.59 bits per heavy atom. The molecule has 0 bridgehead atoms. The molecule has 0 saturated carbocycles. The van der Waals surface area contributed by atoms with Crippen molar-refractivity contribution in [3.63, 3.8) is 0 Å².